The van der Waals surface area contributed by atoms with E-state index >= 15 is 0 Å². The standard InChI is InChI=1S/C11H9O/c1-8(12)10-6-5-9-3-2-4-11(9)7-10/h4-7H,3H2,1H3. The smallest absolute Gasteiger partial charge is 0.159 e. The largest absolute Gasteiger partial charge is 0.295 e. The highest BCUT2D eigenvalue weighted by atomic mass is 16.1. The molecule has 0 fully saturated rings. The summed E-state index contributed by atoms with van der Waals surface area (Å²) in [5.41, 5.74) is 3.19. The van der Waals surface area contributed by atoms with Gasteiger partial charge in [0.25, 0.3) is 0 Å². The van der Waals surface area contributed by atoms with Crippen LogP contribution in [-0.4, -0.2) is 5.78 Å². The first kappa shape index (κ1) is 7.29. The fourth-order valence-corrected chi connectivity index (χ4v) is 1.38. The molecule has 1 radical (unpaired) electrons. The lowest BCUT2D eigenvalue weighted by molar-refractivity contribution is 0.101. The number of hydrogen-bond acceptors (Lipinski definition) is 1. The Kier molecular flexibility index (Phi) is 1.58. The van der Waals surface area contributed by atoms with Crippen molar-refractivity contribution >= 4 is 11.9 Å². The molecule has 0 aliphatic heterocycles. The Morgan fingerprint density at radius 1 is 1.50 bits per heavy atom. The Hall–Kier alpha value is -1.37. The van der Waals surface area contributed by atoms with Crippen LogP contribution in [0.3, 0.4) is 0 Å². The summed E-state index contributed by atoms with van der Waals surface area (Å²) >= 11 is 0. The van der Waals surface area contributed by atoms with E-state index in [1.165, 1.54) is 5.56 Å². The Bertz CT molecular complexity index is 361. The van der Waals surface area contributed by atoms with Crippen LogP contribution in [0.5, 0.6) is 0 Å². The molecule has 1 aliphatic carbocycles. The van der Waals surface area contributed by atoms with Gasteiger partial charge in [0.2, 0.25) is 0 Å². The molecular weight excluding hydrogens is 148 g/mol. The Labute approximate surface area is 71.7 Å². The molecule has 0 spiro atoms. The molecule has 1 heteroatoms. The van der Waals surface area contributed by atoms with E-state index < -0.39 is 0 Å². The van der Waals surface area contributed by atoms with Crippen LogP contribution in [0, 0.1) is 6.08 Å². The minimum Gasteiger partial charge on any atom is -0.295 e. The van der Waals surface area contributed by atoms with Gasteiger partial charge in [-0.05, 0) is 36.6 Å². The van der Waals surface area contributed by atoms with Crippen molar-refractivity contribution in [2.24, 2.45) is 0 Å². The molecule has 12 heavy (non-hydrogen) atoms. The number of rotatable bonds is 1. The van der Waals surface area contributed by atoms with Crippen molar-refractivity contribution in [3.8, 4) is 0 Å². The van der Waals surface area contributed by atoms with Gasteiger partial charge in [0.15, 0.2) is 5.78 Å². The summed E-state index contributed by atoms with van der Waals surface area (Å²) in [6.45, 7) is 1.59. The van der Waals surface area contributed by atoms with Gasteiger partial charge in [-0.25, -0.2) is 0 Å². The number of hydrogen-bond donors (Lipinski definition) is 0. The predicted molar refractivity (Wildman–Crippen MR) is 47.9 cm³/mol. The summed E-state index contributed by atoms with van der Waals surface area (Å²) in [4.78, 5) is 11.0. The minimum atomic E-state index is 0.123. The lowest BCUT2D eigenvalue weighted by Gasteiger charge is -2.00. The molecule has 0 N–H and O–H groups in total. The van der Waals surface area contributed by atoms with E-state index in [1.54, 1.807) is 6.92 Å². The zero-order valence-corrected chi connectivity index (χ0v) is 6.92. The van der Waals surface area contributed by atoms with Crippen LogP contribution in [-0.2, 0) is 6.42 Å². The van der Waals surface area contributed by atoms with Gasteiger partial charge in [0, 0.05) is 5.56 Å². The van der Waals surface area contributed by atoms with Crippen molar-refractivity contribution in [3.63, 3.8) is 0 Å². The fraction of sp³-hybridized carbons (Fsp3) is 0.182. The van der Waals surface area contributed by atoms with Gasteiger partial charge in [-0.3, -0.25) is 4.79 Å². The van der Waals surface area contributed by atoms with Crippen LogP contribution in [0.1, 0.15) is 28.4 Å². The SMILES string of the molecule is CC(=O)c1ccc2c(c1)C=[C]C2. The summed E-state index contributed by atoms with van der Waals surface area (Å²) in [5, 5.41) is 0. The van der Waals surface area contributed by atoms with E-state index in [9.17, 15) is 4.79 Å². The van der Waals surface area contributed by atoms with E-state index in [4.69, 9.17) is 0 Å². The molecule has 0 bridgehead atoms. The number of benzene rings is 1. The topological polar surface area (TPSA) is 17.1 Å². The summed E-state index contributed by atoms with van der Waals surface area (Å²) in [6.07, 6.45) is 5.95. The van der Waals surface area contributed by atoms with Gasteiger partial charge < -0.3 is 0 Å². The van der Waals surface area contributed by atoms with Crippen molar-refractivity contribution in [1.29, 1.82) is 0 Å². The third-order valence-corrected chi connectivity index (χ3v) is 2.10. The van der Waals surface area contributed by atoms with Crippen LogP contribution < -0.4 is 0 Å². The number of Topliss-reactive ketones (excluding diaryl/α,β-unsaturated/α-hetero) is 1. The molecule has 0 aromatic heterocycles. The molecular formula is C11H9O. The highest BCUT2D eigenvalue weighted by Crippen LogP contribution is 2.20. The van der Waals surface area contributed by atoms with Crippen LogP contribution in [0.2, 0.25) is 0 Å². The third-order valence-electron chi connectivity index (χ3n) is 2.10. The Morgan fingerprint density at radius 2 is 2.33 bits per heavy atom. The number of carbonyl (C=O) groups is 1. The van der Waals surface area contributed by atoms with E-state index in [0.29, 0.717) is 0 Å². The monoisotopic (exact) mass is 157 g/mol. The molecule has 0 saturated heterocycles. The van der Waals surface area contributed by atoms with Crippen molar-refractivity contribution in [2.45, 2.75) is 13.3 Å². The average Bonchev–Trinajstić information content (AvgIpc) is 2.49. The molecule has 0 heterocycles. The fourth-order valence-electron chi connectivity index (χ4n) is 1.38. The average molecular weight is 157 g/mol. The summed E-state index contributed by atoms with van der Waals surface area (Å²) in [6, 6.07) is 5.81. The van der Waals surface area contributed by atoms with Crippen molar-refractivity contribution in [2.75, 3.05) is 0 Å². The maximum Gasteiger partial charge on any atom is 0.159 e. The zero-order chi connectivity index (χ0) is 8.55. The molecule has 1 aromatic rings. The van der Waals surface area contributed by atoms with Crippen molar-refractivity contribution < 1.29 is 4.79 Å². The van der Waals surface area contributed by atoms with E-state index in [2.05, 4.69) is 6.08 Å². The molecule has 0 atom stereocenters. The Balaban J connectivity index is 2.51. The molecule has 59 valence electrons. The van der Waals surface area contributed by atoms with E-state index in [1.807, 2.05) is 24.3 Å². The van der Waals surface area contributed by atoms with Crippen LogP contribution in [0.25, 0.3) is 6.08 Å². The van der Waals surface area contributed by atoms with Gasteiger partial charge in [-0.15, -0.1) is 0 Å². The first-order chi connectivity index (χ1) is 5.77. The molecule has 0 unspecified atom stereocenters. The van der Waals surface area contributed by atoms with Gasteiger partial charge >= 0.3 is 0 Å². The Morgan fingerprint density at radius 3 is 3.08 bits per heavy atom. The number of allylic oxidation sites excluding steroid dienone is 1. The second-order valence-corrected chi connectivity index (χ2v) is 3.00. The lowest BCUT2D eigenvalue weighted by Crippen LogP contribution is -1.93. The molecule has 1 aromatic carbocycles. The zero-order valence-electron chi connectivity index (χ0n) is 6.92. The lowest BCUT2D eigenvalue weighted by atomic mass is 10.0. The van der Waals surface area contributed by atoms with Crippen LogP contribution >= 0.6 is 0 Å². The van der Waals surface area contributed by atoms with Crippen LogP contribution in [0.4, 0.5) is 0 Å². The van der Waals surface area contributed by atoms with E-state index in [-0.39, 0.29) is 5.78 Å². The van der Waals surface area contributed by atoms with Gasteiger partial charge in [0.05, 0.1) is 0 Å². The number of ketones is 1. The number of carbonyl (C=O) groups excluding carboxylic acids is 1. The first-order valence-electron chi connectivity index (χ1n) is 3.98. The third kappa shape index (κ3) is 1.07. The second-order valence-electron chi connectivity index (χ2n) is 3.00. The quantitative estimate of drug-likeness (QED) is 0.571. The summed E-state index contributed by atoms with van der Waals surface area (Å²) < 4.78 is 0. The second kappa shape index (κ2) is 2.59. The maximum atomic E-state index is 11.0. The summed E-state index contributed by atoms with van der Waals surface area (Å²) in [5.74, 6) is 0.123. The van der Waals surface area contributed by atoms with Gasteiger partial charge in [-0.1, -0.05) is 18.2 Å². The van der Waals surface area contributed by atoms with E-state index in [0.717, 1.165) is 17.5 Å². The number of fused-ring (bicyclic) bond motifs is 1. The van der Waals surface area contributed by atoms with Gasteiger partial charge in [-0.2, -0.15) is 0 Å². The summed E-state index contributed by atoms with van der Waals surface area (Å²) in [7, 11) is 0. The molecule has 1 aliphatic rings. The van der Waals surface area contributed by atoms with Gasteiger partial charge in [0.1, 0.15) is 0 Å². The molecule has 0 saturated carbocycles. The highest BCUT2D eigenvalue weighted by molar-refractivity contribution is 5.94. The normalized spacial score (nSPS) is 13.1. The van der Waals surface area contributed by atoms with Crippen molar-refractivity contribution in [1.82, 2.24) is 0 Å². The van der Waals surface area contributed by atoms with Crippen molar-refractivity contribution in [3.05, 3.63) is 41.0 Å². The molecule has 1 nitrogen and oxygen atoms in total. The highest BCUT2D eigenvalue weighted by Gasteiger charge is 2.07. The first-order valence-corrected chi connectivity index (χ1v) is 3.98. The molecule has 2 rings (SSSR count). The maximum absolute atomic E-state index is 11.0. The molecule has 0 amide bonds. The predicted octanol–water partition coefficient (Wildman–Crippen LogP) is 2.26. The minimum absolute atomic E-state index is 0.123. The van der Waals surface area contributed by atoms with Crippen LogP contribution in [0.15, 0.2) is 18.2 Å².